The van der Waals surface area contributed by atoms with Crippen LogP contribution in [-0.2, 0) is 4.79 Å². The molecule has 2 aliphatic heterocycles. The molecule has 6 aromatic rings. The zero-order chi connectivity index (χ0) is 32.9. The van der Waals surface area contributed by atoms with Crippen LogP contribution in [0.15, 0.2) is 88.3 Å². The SMILES string of the molecule is Cc1sc2c(c1C)C(c1ccc(-c3cccc(NC(=O)c4cc5ccccc5o4)c3)cc1)=N[C@@H](CC(=O)N1CCCC1)c1nnc(C)n1-2. The Labute approximate surface area is 281 Å². The third-order valence-corrected chi connectivity index (χ3v) is 10.5. The Kier molecular flexibility index (Phi) is 7.52. The van der Waals surface area contributed by atoms with Crippen LogP contribution in [0.1, 0.15) is 69.1 Å². The summed E-state index contributed by atoms with van der Waals surface area (Å²) >= 11 is 1.71. The first-order valence-electron chi connectivity index (χ1n) is 16.2. The number of benzene rings is 3. The van der Waals surface area contributed by atoms with Crippen LogP contribution < -0.4 is 5.32 Å². The Morgan fingerprint density at radius 1 is 0.896 bits per heavy atom. The van der Waals surface area contributed by atoms with Gasteiger partial charge in [-0.05, 0) is 74.6 Å². The average Bonchev–Trinajstić information content (AvgIpc) is 3.90. The van der Waals surface area contributed by atoms with Gasteiger partial charge in [-0.3, -0.25) is 19.1 Å². The topological polar surface area (TPSA) is 106 Å². The van der Waals surface area contributed by atoms with Crippen molar-refractivity contribution in [2.75, 3.05) is 18.4 Å². The molecule has 48 heavy (non-hydrogen) atoms. The number of likely N-dealkylation sites (tertiary alicyclic amines) is 1. The molecule has 3 aromatic heterocycles. The second-order valence-electron chi connectivity index (χ2n) is 12.5. The van der Waals surface area contributed by atoms with E-state index >= 15 is 0 Å². The quantitative estimate of drug-likeness (QED) is 0.197. The van der Waals surface area contributed by atoms with Crippen LogP contribution in [0.3, 0.4) is 0 Å². The van der Waals surface area contributed by atoms with E-state index < -0.39 is 6.04 Å². The van der Waals surface area contributed by atoms with Gasteiger partial charge in [-0.1, -0.05) is 54.6 Å². The number of aliphatic imine (C=N–C) groups is 1. The normalized spacial score (nSPS) is 15.6. The van der Waals surface area contributed by atoms with Gasteiger partial charge in [0.05, 0.1) is 12.1 Å². The Morgan fingerprint density at radius 2 is 1.67 bits per heavy atom. The van der Waals surface area contributed by atoms with Crippen LogP contribution in [-0.4, -0.2) is 50.3 Å². The number of furan rings is 1. The predicted molar refractivity (Wildman–Crippen MR) is 188 cm³/mol. The Balaban J connectivity index is 1.11. The first-order chi connectivity index (χ1) is 23.3. The Bertz CT molecular complexity index is 2200. The molecule has 0 radical (unpaired) electrons. The zero-order valence-corrected chi connectivity index (χ0v) is 27.8. The fraction of sp³-hybridized carbons (Fsp3) is 0.237. The van der Waals surface area contributed by atoms with E-state index in [1.54, 1.807) is 17.4 Å². The maximum atomic E-state index is 13.4. The number of carbonyl (C=O) groups excluding carboxylic acids is 2. The second-order valence-corrected chi connectivity index (χ2v) is 13.7. The van der Waals surface area contributed by atoms with Crippen molar-refractivity contribution in [2.45, 2.75) is 46.1 Å². The zero-order valence-electron chi connectivity index (χ0n) is 27.0. The minimum Gasteiger partial charge on any atom is -0.451 e. The highest BCUT2D eigenvalue weighted by Crippen LogP contribution is 2.40. The van der Waals surface area contributed by atoms with Gasteiger partial charge in [0, 0.05) is 40.2 Å². The van der Waals surface area contributed by atoms with Crippen LogP contribution in [0.5, 0.6) is 0 Å². The maximum Gasteiger partial charge on any atom is 0.291 e. The molecule has 0 bridgehead atoms. The van der Waals surface area contributed by atoms with Gasteiger partial charge in [-0.25, -0.2) is 0 Å². The number of anilines is 1. The van der Waals surface area contributed by atoms with E-state index in [0.29, 0.717) is 17.1 Å². The predicted octanol–water partition coefficient (Wildman–Crippen LogP) is 7.82. The van der Waals surface area contributed by atoms with Gasteiger partial charge in [0.2, 0.25) is 5.91 Å². The van der Waals surface area contributed by atoms with Crippen LogP contribution in [0, 0.1) is 20.8 Å². The molecule has 3 aromatic carbocycles. The summed E-state index contributed by atoms with van der Waals surface area (Å²) in [6.45, 7) is 7.81. The number of thiophene rings is 1. The Morgan fingerprint density at radius 3 is 2.46 bits per heavy atom. The fourth-order valence-electron chi connectivity index (χ4n) is 6.67. The highest BCUT2D eigenvalue weighted by molar-refractivity contribution is 7.15. The van der Waals surface area contributed by atoms with E-state index in [9.17, 15) is 9.59 Å². The first-order valence-corrected chi connectivity index (χ1v) is 17.0. The number of hydrogen-bond acceptors (Lipinski definition) is 7. The number of para-hydroxylation sites is 1. The molecule has 0 unspecified atom stereocenters. The van der Waals surface area contributed by atoms with Gasteiger partial charge in [-0.2, -0.15) is 0 Å². The smallest absolute Gasteiger partial charge is 0.291 e. The van der Waals surface area contributed by atoms with E-state index in [1.165, 1.54) is 4.88 Å². The molecule has 0 spiro atoms. The van der Waals surface area contributed by atoms with E-state index in [-0.39, 0.29) is 24.0 Å². The van der Waals surface area contributed by atoms with Gasteiger partial charge in [0.25, 0.3) is 5.91 Å². The summed E-state index contributed by atoms with van der Waals surface area (Å²) in [4.78, 5) is 34.9. The highest BCUT2D eigenvalue weighted by Gasteiger charge is 2.33. The summed E-state index contributed by atoms with van der Waals surface area (Å²) in [6.07, 6.45) is 2.33. The molecule has 8 rings (SSSR count). The lowest BCUT2D eigenvalue weighted by molar-refractivity contribution is -0.130. The van der Waals surface area contributed by atoms with Crippen molar-refractivity contribution >= 4 is 45.5 Å². The average molecular weight is 655 g/mol. The minimum absolute atomic E-state index is 0.105. The molecule has 5 heterocycles. The lowest BCUT2D eigenvalue weighted by atomic mass is 9.97. The van der Waals surface area contributed by atoms with Crippen LogP contribution in [0.4, 0.5) is 5.69 Å². The molecule has 240 valence electrons. The van der Waals surface area contributed by atoms with Gasteiger partial charge >= 0.3 is 0 Å². The molecule has 9 nitrogen and oxygen atoms in total. The molecule has 1 fully saturated rings. The third-order valence-electron chi connectivity index (χ3n) is 9.33. The van der Waals surface area contributed by atoms with Crippen molar-refractivity contribution in [1.82, 2.24) is 19.7 Å². The van der Waals surface area contributed by atoms with E-state index in [4.69, 9.17) is 9.41 Å². The van der Waals surface area contributed by atoms with Gasteiger partial charge in [0.15, 0.2) is 11.6 Å². The largest absolute Gasteiger partial charge is 0.451 e. The molecule has 2 amide bonds. The van der Waals surface area contributed by atoms with E-state index in [2.05, 4.69) is 58.2 Å². The molecular weight excluding hydrogens is 621 g/mol. The number of nitrogens with zero attached hydrogens (tertiary/aromatic N) is 5. The molecule has 1 atom stereocenters. The van der Waals surface area contributed by atoms with Crippen molar-refractivity contribution < 1.29 is 14.0 Å². The first kappa shape index (κ1) is 30.0. The maximum absolute atomic E-state index is 13.4. The summed E-state index contributed by atoms with van der Waals surface area (Å²) in [6, 6.07) is 25.0. The molecule has 2 aliphatic rings. The summed E-state index contributed by atoms with van der Waals surface area (Å²) in [5.41, 5.74) is 7.35. The number of fused-ring (bicyclic) bond motifs is 4. The van der Waals surface area contributed by atoms with E-state index in [0.717, 1.165) is 75.7 Å². The lowest BCUT2D eigenvalue weighted by Gasteiger charge is -2.18. The van der Waals surface area contributed by atoms with Crippen molar-refractivity contribution in [3.63, 3.8) is 0 Å². The number of hydrogen-bond donors (Lipinski definition) is 1. The van der Waals surface area contributed by atoms with Crippen LogP contribution in [0.2, 0.25) is 0 Å². The minimum atomic E-state index is -0.458. The van der Waals surface area contributed by atoms with Crippen LogP contribution in [0.25, 0.3) is 27.1 Å². The standard InChI is InChI=1S/C38H34N6O3S/c1-22-23(2)48-38-34(22)35(40-30(36-42-41-24(3)44(36)38)21-33(45)43-17-6-7-18-43)26-15-13-25(14-16-26)27-10-8-11-29(19-27)39-37(46)32-20-28-9-4-5-12-31(28)47-32/h4-5,8-16,19-20,30H,6-7,17-18,21H2,1-3H3,(H,39,46)/t30-/m0/s1. The summed E-state index contributed by atoms with van der Waals surface area (Å²) < 4.78 is 7.85. The van der Waals surface area contributed by atoms with Crippen LogP contribution >= 0.6 is 11.3 Å². The monoisotopic (exact) mass is 654 g/mol. The van der Waals surface area contributed by atoms with E-state index in [1.807, 2.05) is 60.4 Å². The molecule has 10 heteroatoms. The van der Waals surface area contributed by atoms with Gasteiger partial charge < -0.3 is 14.6 Å². The van der Waals surface area contributed by atoms with Crippen molar-refractivity contribution in [3.8, 4) is 16.1 Å². The second kappa shape index (κ2) is 12.0. The number of carbonyl (C=O) groups is 2. The summed E-state index contributed by atoms with van der Waals surface area (Å²) in [7, 11) is 0. The van der Waals surface area contributed by atoms with Crippen molar-refractivity contribution in [3.05, 3.63) is 118 Å². The van der Waals surface area contributed by atoms with Crippen molar-refractivity contribution in [1.29, 1.82) is 0 Å². The number of aryl methyl sites for hydroxylation is 2. The van der Waals surface area contributed by atoms with Gasteiger partial charge in [0.1, 0.15) is 22.5 Å². The lowest BCUT2D eigenvalue weighted by Crippen LogP contribution is -2.29. The fourth-order valence-corrected chi connectivity index (χ4v) is 7.88. The van der Waals surface area contributed by atoms with Crippen molar-refractivity contribution in [2.24, 2.45) is 4.99 Å². The molecule has 0 saturated carbocycles. The van der Waals surface area contributed by atoms with Gasteiger partial charge in [-0.15, -0.1) is 21.5 Å². The molecule has 1 saturated heterocycles. The summed E-state index contributed by atoms with van der Waals surface area (Å²) in [5.74, 6) is 1.56. The highest BCUT2D eigenvalue weighted by atomic mass is 32.1. The third kappa shape index (κ3) is 5.32. The Hall–Kier alpha value is -5.35. The number of aromatic nitrogens is 3. The number of nitrogens with one attached hydrogen (secondary N) is 1. The number of rotatable bonds is 6. The molecule has 1 N–H and O–H groups in total. The molecule has 0 aliphatic carbocycles. The molecular formula is C38H34N6O3S. The number of amides is 2. The summed E-state index contributed by atoms with van der Waals surface area (Å²) in [5, 5.41) is 13.9.